The Hall–Kier alpha value is -3.80. The van der Waals surface area contributed by atoms with Crippen LogP contribution in [0.25, 0.3) is 0 Å². The lowest BCUT2D eigenvalue weighted by Gasteiger charge is -2.13. The molecule has 0 aliphatic rings. The van der Waals surface area contributed by atoms with Crippen LogP contribution in [-0.2, 0) is 9.59 Å². The number of para-hydroxylation sites is 5. The molecule has 0 aliphatic carbocycles. The molecular weight excluding hydrogens is 368 g/mol. The highest BCUT2D eigenvalue weighted by Crippen LogP contribution is 2.29. The fourth-order valence-electron chi connectivity index (χ4n) is 2.66. The minimum Gasteiger partial charge on any atom is -0.492 e. The lowest BCUT2D eigenvalue weighted by atomic mass is 10.2. The Morgan fingerprint density at radius 1 is 0.724 bits per heavy atom. The molecule has 0 bridgehead atoms. The van der Waals surface area contributed by atoms with Crippen LogP contribution in [0, 0.1) is 0 Å². The van der Waals surface area contributed by atoms with Gasteiger partial charge in [-0.25, -0.2) is 0 Å². The minimum atomic E-state index is -0.444. The molecule has 3 rings (SSSR count). The Kier molecular flexibility index (Phi) is 6.84. The van der Waals surface area contributed by atoms with Crippen LogP contribution in [-0.4, -0.2) is 18.4 Å². The summed E-state index contributed by atoms with van der Waals surface area (Å²) in [5.74, 6) is 0.829. The lowest BCUT2D eigenvalue weighted by Crippen LogP contribution is -2.22. The first-order valence-electron chi connectivity index (χ1n) is 9.29. The molecule has 148 valence electrons. The summed E-state index contributed by atoms with van der Waals surface area (Å²) >= 11 is 0. The van der Waals surface area contributed by atoms with Gasteiger partial charge in [-0.1, -0.05) is 42.5 Å². The van der Waals surface area contributed by atoms with Crippen molar-refractivity contribution in [2.45, 2.75) is 13.3 Å². The molecule has 0 aliphatic heterocycles. The van der Waals surface area contributed by atoms with Gasteiger partial charge in [0.15, 0.2) is 5.75 Å². The molecule has 0 unspecified atom stereocenters. The van der Waals surface area contributed by atoms with Crippen molar-refractivity contribution in [3.8, 4) is 17.2 Å². The number of benzene rings is 3. The number of carbonyl (C=O) groups excluding carboxylic acids is 2. The maximum Gasteiger partial charge on any atom is 0.233 e. The second-order valence-corrected chi connectivity index (χ2v) is 6.11. The number of rotatable bonds is 8. The fourth-order valence-corrected chi connectivity index (χ4v) is 2.66. The van der Waals surface area contributed by atoms with Crippen LogP contribution in [0.3, 0.4) is 0 Å². The summed E-state index contributed by atoms with van der Waals surface area (Å²) in [6.07, 6.45) is -0.333. The molecular formula is C23H22N2O4. The maximum absolute atomic E-state index is 12.4. The second-order valence-electron chi connectivity index (χ2n) is 6.11. The van der Waals surface area contributed by atoms with Gasteiger partial charge in [0.1, 0.15) is 17.9 Å². The average Bonchev–Trinajstić information content (AvgIpc) is 2.72. The monoisotopic (exact) mass is 390 g/mol. The number of carbonyl (C=O) groups is 2. The van der Waals surface area contributed by atoms with E-state index < -0.39 is 11.8 Å². The Balaban J connectivity index is 1.62. The van der Waals surface area contributed by atoms with E-state index in [4.69, 9.17) is 9.47 Å². The number of amides is 2. The van der Waals surface area contributed by atoms with Gasteiger partial charge in [-0.3, -0.25) is 9.59 Å². The number of hydrogen-bond donors (Lipinski definition) is 2. The molecule has 0 atom stereocenters. The van der Waals surface area contributed by atoms with E-state index in [2.05, 4.69) is 10.6 Å². The zero-order valence-corrected chi connectivity index (χ0v) is 16.1. The Morgan fingerprint density at radius 3 is 1.86 bits per heavy atom. The van der Waals surface area contributed by atoms with Crippen molar-refractivity contribution < 1.29 is 19.1 Å². The number of ether oxygens (including phenoxy) is 2. The van der Waals surface area contributed by atoms with Gasteiger partial charge in [0.25, 0.3) is 0 Å². The summed E-state index contributed by atoms with van der Waals surface area (Å²) in [6.45, 7) is 2.34. The first-order valence-corrected chi connectivity index (χ1v) is 9.29. The molecule has 3 aromatic carbocycles. The number of nitrogens with one attached hydrogen (secondary N) is 2. The highest BCUT2D eigenvalue weighted by atomic mass is 16.5. The van der Waals surface area contributed by atoms with Gasteiger partial charge in [-0.05, 0) is 43.3 Å². The molecule has 6 heteroatoms. The maximum atomic E-state index is 12.4. The van der Waals surface area contributed by atoms with Crippen LogP contribution in [0.5, 0.6) is 17.2 Å². The third kappa shape index (κ3) is 5.84. The summed E-state index contributed by atoms with van der Waals surface area (Å²) < 4.78 is 11.3. The first kappa shape index (κ1) is 19.9. The van der Waals surface area contributed by atoms with Crippen molar-refractivity contribution in [2.75, 3.05) is 17.2 Å². The van der Waals surface area contributed by atoms with Gasteiger partial charge in [0.2, 0.25) is 11.8 Å². The quantitative estimate of drug-likeness (QED) is 0.539. The Labute approximate surface area is 169 Å². The highest BCUT2D eigenvalue weighted by molar-refractivity contribution is 6.08. The average molecular weight is 390 g/mol. The van der Waals surface area contributed by atoms with Crippen LogP contribution in [0.4, 0.5) is 11.4 Å². The van der Waals surface area contributed by atoms with E-state index in [0.29, 0.717) is 35.2 Å². The van der Waals surface area contributed by atoms with Crippen molar-refractivity contribution >= 4 is 23.2 Å². The van der Waals surface area contributed by atoms with Crippen LogP contribution < -0.4 is 20.1 Å². The van der Waals surface area contributed by atoms with Gasteiger partial charge in [0.05, 0.1) is 18.0 Å². The first-order chi connectivity index (χ1) is 14.2. The summed E-state index contributed by atoms with van der Waals surface area (Å²) in [5, 5.41) is 5.44. The zero-order chi connectivity index (χ0) is 20.5. The lowest BCUT2D eigenvalue weighted by molar-refractivity contribution is -0.123. The van der Waals surface area contributed by atoms with E-state index in [-0.39, 0.29) is 6.42 Å². The molecule has 0 fully saturated rings. The molecule has 29 heavy (non-hydrogen) atoms. The largest absolute Gasteiger partial charge is 0.492 e. The molecule has 6 nitrogen and oxygen atoms in total. The predicted octanol–water partition coefficient (Wildman–Crippen LogP) is 4.84. The van der Waals surface area contributed by atoms with E-state index in [0.717, 1.165) is 0 Å². The van der Waals surface area contributed by atoms with Crippen molar-refractivity contribution in [1.29, 1.82) is 0 Å². The molecule has 2 N–H and O–H groups in total. The molecule has 0 radical (unpaired) electrons. The van der Waals surface area contributed by atoms with Gasteiger partial charge in [-0.2, -0.15) is 0 Å². The predicted molar refractivity (Wildman–Crippen MR) is 112 cm³/mol. The van der Waals surface area contributed by atoms with E-state index in [1.165, 1.54) is 0 Å². The summed E-state index contributed by atoms with van der Waals surface area (Å²) in [5.41, 5.74) is 1.02. The fraction of sp³-hybridized carbons (Fsp3) is 0.130. The molecule has 0 saturated heterocycles. The minimum absolute atomic E-state index is 0.333. The van der Waals surface area contributed by atoms with Gasteiger partial charge < -0.3 is 20.1 Å². The summed E-state index contributed by atoms with van der Waals surface area (Å²) in [4.78, 5) is 24.7. The third-order valence-corrected chi connectivity index (χ3v) is 3.91. The smallest absolute Gasteiger partial charge is 0.233 e. The van der Waals surface area contributed by atoms with Crippen molar-refractivity contribution in [2.24, 2.45) is 0 Å². The van der Waals surface area contributed by atoms with Gasteiger partial charge >= 0.3 is 0 Å². The molecule has 0 spiro atoms. The van der Waals surface area contributed by atoms with E-state index in [9.17, 15) is 9.59 Å². The van der Waals surface area contributed by atoms with Crippen molar-refractivity contribution in [3.05, 3.63) is 78.9 Å². The number of anilines is 2. The van der Waals surface area contributed by atoms with Gasteiger partial charge in [0, 0.05) is 0 Å². The molecule has 0 aromatic heterocycles. The van der Waals surface area contributed by atoms with E-state index >= 15 is 0 Å². The summed E-state index contributed by atoms with van der Waals surface area (Å²) in [6, 6.07) is 23.4. The van der Waals surface area contributed by atoms with Gasteiger partial charge in [-0.15, -0.1) is 0 Å². The molecule has 2 amide bonds. The van der Waals surface area contributed by atoms with E-state index in [1.807, 2.05) is 49.4 Å². The number of hydrogen-bond acceptors (Lipinski definition) is 4. The van der Waals surface area contributed by atoms with Crippen LogP contribution in [0.15, 0.2) is 78.9 Å². The standard InChI is InChI=1S/C23H22N2O4/c1-2-28-20-14-8-6-12-18(20)24-22(26)16-23(27)25-19-13-7-9-15-21(19)29-17-10-4-3-5-11-17/h3-15H,2,16H2,1H3,(H,24,26)(H,25,27). The SMILES string of the molecule is CCOc1ccccc1NC(=O)CC(=O)Nc1ccccc1Oc1ccccc1. The van der Waals surface area contributed by atoms with Crippen LogP contribution >= 0.6 is 0 Å². The normalized spacial score (nSPS) is 10.1. The summed E-state index contributed by atoms with van der Waals surface area (Å²) in [7, 11) is 0. The Bertz CT molecular complexity index is 973. The molecule has 0 heterocycles. The highest BCUT2D eigenvalue weighted by Gasteiger charge is 2.14. The third-order valence-electron chi connectivity index (χ3n) is 3.91. The van der Waals surface area contributed by atoms with Crippen molar-refractivity contribution in [1.82, 2.24) is 0 Å². The second kappa shape index (κ2) is 9.94. The molecule has 3 aromatic rings. The zero-order valence-electron chi connectivity index (χ0n) is 16.1. The van der Waals surface area contributed by atoms with Crippen LogP contribution in [0.1, 0.15) is 13.3 Å². The van der Waals surface area contributed by atoms with Crippen LogP contribution in [0.2, 0.25) is 0 Å². The van der Waals surface area contributed by atoms with E-state index in [1.54, 1.807) is 36.4 Å². The Morgan fingerprint density at radius 2 is 1.24 bits per heavy atom. The topological polar surface area (TPSA) is 76.7 Å². The van der Waals surface area contributed by atoms with Crippen molar-refractivity contribution in [3.63, 3.8) is 0 Å². The molecule has 0 saturated carbocycles.